The van der Waals surface area contributed by atoms with Crippen molar-refractivity contribution >= 4 is 41.7 Å². The van der Waals surface area contributed by atoms with Crippen LogP contribution in [0.1, 0.15) is 98.7 Å². The second-order valence-electron chi connectivity index (χ2n) is 13.4. The third kappa shape index (κ3) is 9.93. The van der Waals surface area contributed by atoms with Gasteiger partial charge < -0.3 is 25.2 Å². The Morgan fingerprint density at radius 2 is 1.09 bits per heavy atom. The Bertz CT molecular complexity index is 2500. The predicted octanol–water partition coefficient (Wildman–Crippen LogP) is 8.39. The first-order valence-corrected chi connectivity index (χ1v) is 17.8. The number of aryl methyl sites for hydroxylation is 1. The van der Waals surface area contributed by atoms with E-state index in [0.29, 0.717) is 28.6 Å². The quantitative estimate of drug-likeness (QED) is 0.0726. The molecule has 0 bridgehead atoms. The summed E-state index contributed by atoms with van der Waals surface area (Å²) in [6.45, 7) is 10.1. The van der Waals surface area contributed by atoms with Crippen LogP contribution in [0.15, 0.2) is 107 Å². The van der Waals surface area contributed by atoms with Crippen LogP contribution >= 0.6 is 0 Å². The minimum absolute atomic E-state index is 0. The van der Waals surface area contributed by atoms with Gasteiger partial charge in [-0.15, -0.1) is 0 Å². The number of carbonyl (C=O) groups excluding carboxylic acids is 1. The van der Waals surface area contributed by atoms with Crippen molar-refractivity contribution in [2.75, 3.05) is 7.11 Å². The number of aromatic carboxylic acids is 2. The Morgan fingerprint density at radius 3 is 1.53 bits per heavy atom. The predicted molar refractivity (Wildman–Crippen MR) is 216 cm³/mol. The zero-order valence-corrected chi connectivity index (χ0v) is 33.5. The number of benzene rings is 4. The van der Waals surface area contributed by atoms with Crippen molar-refractivity contribution in [1.29, 1.82) is 0 Å². The van der Waals surface area contributed by atoms with E-state index < -0.39 is 17.9 Å². The largest absolute Gasteiger partial charge is 0.493 e. The van der Waals surface area contributed by atoms with Crippen LogP contribution < -0.4 is 0 Å². The molecule has 0 aliphatic rings. The molecule has 0 atom stereocenters. The molecule has 0 spiro atoms. The third-order valence-corrected chi connectivity index (χ3v) is 8.85. The van der Waals surface area contributed by atoms with Gasteiger partial charge in [0.2, 0.25) is 11.8 Å². The molecular weight excluding hydrogens is 787 g/mol. The Kier molecular flexibility index (Phi) is 14.6. The number of aromatic hydroxyl groups is 2. The minimum atomic E-state index is -1.14. The minimum Gasteiger partial charge on any atom is -0.493 e. The van der Waals surface area contributed by atoms with Gasteiger partial charge in [-0.25, -0.2) is 19.1 Å². The van der Waals surface area contributed by atoms with Gasteiger partial charge >= 0.3 is 17.9 Å². The SMILES string of the molecule is COC(=O)c1nn(-c2cccc(C(C)C)c2)c(O)c1C=Nc1ccccc1C(=O)O.Cc1nn(-c2cccc(C(C)C)c2)c(O)c1C=Nc1ccccc1C(=O)O.[Co]. The molecule has 2 heterocycles. The molecule has 4 aromatic carbocycles. The van der Waals surface area contributed by atoms with E-state index >= 15 is 0 Å². The summed E-state index contributed by atoms with van der Waals surface area (Å²) in [5.74, 6) is -2.67. The number of aliphatic imine (C=N–C) groups is 2. The van der Waals surface area contributed by atoms with Gasteiger partial charge in [0.25, 0.3) is 0 Å². The number of esters is 1. The van der Waals surface area contributed by atoms with Gasteiger partial charge in [0.05, 0.1) is 57.8 Å². The number of carbonyl (C=O) groups is 3. The Labute approximate surface area is 345 Å². The fraction of sp³-hybridized carbons (Fsp3) is 0.186. The normalized spacial score (nSPS) is 11.1. The number of aromatic nitrogens is 4. The van der Waals surface area contributed by atoms with Gasteiger partial charge in [-0.1, -0.05) is 76.2 Å². The van der Waals surface area contributed by atoms with Crippen molar-refractivity contribution in [1.82, 2.24) is 19.6 Å². The van der Waals surface area contributed by atoms with Gasteiger partial charge in [0.1, 0.15) is 0 Å². The van der Waals surface area contributed by atoms with E-state index in [1.807, 2.05) is 56.3 Å². The van der Waals surface area contributed by atoms with Gasteiger partial charge in [-0.2, -0.15) is 14.9 Å². The number of ether oxygens (including phenoxy) is 1. The number of carboxylic acid groups (broad SMARTS) is 2. The van der Waals surface area contributed by atoms with Crippen molar-refractivity contribution in [3.05, 3.63) is 142 Å². The molecular formula is C43H42CoN6O8. The topological polar surface area (TPSA) is 202 Å². The summed E-state index contributed by atoms with van der Waals surface area (Å²) in [6.07, 6.45) is 2.65. The molecule has 0 unspecified atom stereocenters. The summed E-state index contributed by atoms with van der Waals surface area (Å²) >= 11 is 0. The van der Waals surface area contributed by atoms with Crippen LogP contribution in [0.2, 0.25) is 0 Å². The molecule has 6 rings (SSSR count). The summed E-state index contributed by atoms with van der Waals surface area (Å²) in [7, 11) is 1.21. The second-order valence-corrected chi connectivity index (χ2v) is 13.4. The van der Waals surface area contributed by atoms with Crippen LogP contribution in [-0.4, -0.2) is 77.4 Å². The maximum absolute atomic E-state index is 12.2. The smallest absolute Gasteiger partial charge is 0.359 e. The molecule has 0 aliphatic heterocycles. The van der Waals surface area contributed by atoms with E-state index in [4.69, 9.17) is 4.74 Å². The Hall–Kier alpha value is -6.84. The molecule has 6 aromatic rings. The maximum atomic E-state index is 12.2. The molecule has 4 N–H and O–H groups in total. The third-order valence-electron chi connectivity index (χ3n) is 8.85. The number of carboxylic acids is 2. The Balaban J connectivity index is 0.000000254. The average molecular weight is 830 g/mol. The summed E-state index contributed by atoms with van der Waals surface area (Å²) < 4.78 is 7.46. The van der Waals surface area contributed by atoms with E-state index in [1.165, 1.54) is 47.1 Å². The fourth-order valence-corrected chi connectivity index (χ4v) is 5.66. The van der Waals surface area contributed by atoms with Crippen LogP contribution in [0.25, 0.3) is 11.4 Å². The maximum Gasteiger partial charge on any atom is 0.359 e. The monoisotopic (exact) mass is 829 g/mol. The van der Waals surface area contributed by atoms with Crippen molar-refractivity contribution in [3.8, 4) is 23.1 Å². The number of hydrogen-bond donors (Lipinski definition) is 4. The first kappa shape index (κ1) is 43.9. The van der Waals surface area contributed by atoms with Crippen LogP contribution in [0, 0.1) is 6.92 Å². The average Bonchev–Trinajstić information content (AvgIpc) is 3.69. The Morgan fingerprint density at radius 1 is 0.655 bits per heavy atom. The van der Waals surface area contributed by atoms with Gasteiger partial charge in [0, 0.05) is 29.2 Å². The summed E-state index contributed by atoms with van der Waals surface area (Å²) in [5.41, 5.74) is 5.02. The summed E-state index contributed by atoms with van der Waals surface area (Å²) in [6, 6.07) is 27.8. The van der Waals surface area contributed by atoms with Crippen molar-refractivity contribution in [2.45, 2.75) is 46.5 Å². The first-order chi connectivity index (χ1) is 27.2. The van der Waals surface area contributed by atoms with Crippen molar-refractivity contribution < 1.29 is 56.3 Å². The molecule has 0 saturated carbocycles. The van der Waals surface area contributed by atoms with E-state index in [0.717, 1.165) is 16.8 Å². The number of nitrogens with zero attached hydrogens (tertiary/aromatic N) is 6. The zero-order valence-electron chi connectivity index (χ0n) is 32.5. The van der Waals surface area contributed by atoms with E-state index in [-0.39, 0.29) is 62.5 Å². The van der Waals surface area contributed by atoms with Crippen molar-refractivity contribution in [3.63, 3.8) is 0 Å². The molecule has 0 fully saturated rings. The number of rotatable bonds is 11. The van der Waals surface area contributed by atoms with Crippen LogP contribution in [0.4, 0.5) is 11.4 Å². The summed E-state index contributed by atoms with van der Waals surface area (Å²) in [5, 5.41) is 48.6. The molecule has 14 nitrogen and oxygen atoms in total. The van der Waals surface area contributed by atoms with E-state index in [9.17, 15) is 34.8 Å². The number of para-hydroxylation sites is 2. The van der Waals surface area contributed by atoms with Crippen LogP contribution in [-0.2, 0) is 21.5 Å². The van der Waals surface area contributed by atoms with Crippen molar-refractivity contribution in [2.24, 2.45) is 9.98 Å². The number of hydrogen-bond acceptors (Lipinski definition) is 10. The molecule has 58 heavy (non-hydrogen) atoms. The fourth-order valence-electron chi connectivity index (χ4n) is 5.66. The van der Waals surface area contributed by atoms with E-state index in [1.54, 1.807) is 43.3 Å². The first-order valence-electron chi connectivity index (χ1n) is 17.8. The van der Waals surface area contributed by atoms with Gasteiger partial charge in [-0.05, 0) is 78.4 Å². The molecule has 301 valence electrons. The van der Waals surface area contributed by atoms with Gasteiger partial charge in [-0.3, -0.25) is 9.98 Å². The standard InChI is InChI=1S/C22H21N3O5.C21H21N3O3.Co/c1-13(2)14-7-6-8-15(11-14)25-20(26)17(19(24-25)22(29)30-3)12-23-18-10-5-4-9-16(18)21(27)28;1-13(2)15-7-6-8-16(11-15)24-20(25)18(14(3)23-24)12-22-19-10-5-4-9-17(19)21(26)27;/h4-13,26H,1-3H3,(H,27,28);4-13,25H,1-3H3,(H,26,27);. The molecule has 0 aliphatic carbocycles. The second kappa shape index (κ2) is 19.3. The molecule has 2 aromatic heterocycles. The molecule has 1 radical (unpaired) electrons. The van der Waals surface area contributed by atoms with E-state index in [2.05, 4.69) is 34.0 Å². The molecule has 0 amide bonds. The zero-order chi connectivity index (χ0) is 41.4. The van der Waals surface area contributed by atoms with Crippen LogP contribution in [0.3, 0.4) is 0 Å². The van der Waals surface area contributed by atoms with Crippen LogP contribution in [0.5, 0.6) is 11.8 Å². The number of methoxy groups -OCH3 is 1. The molecule has 15 heteroatoms. The molecule has 0 saturated heterocycles. The van der Waals surface area contributed by atoms with Gasteiger partial charge in [0.15, 0.2) is 5.69 Å². The summed E-state index contributed by atoms with van der Waals surface area (Å²) in [4.78, 5) is 43.3.